The molecule has 0 aromatic heterocycles. The van der Waals surface area contributed by atoms with Crippen molar-refractivity contribution in [1.82, 2.24) is 4.90 Å². The third-order valence-electron chi connectivity index (χ3n) is 3.64. The Hall–Kier alpha value is -0.130. The average molecular weight is 276 g/mol. The van der Waals surface area contributed by atoms with E-state index < -0.39 is 9.84 Å². The average Bonchev–Trinajstić information content (AvgIpc) is 2.45. The second kappa shape index (κ2) is 7.46. The van der Waals surface area contributed by atoms with Crippen LogP contribution < -0.4 is 5.73 Å². The molecule has 5 heteroatoms. The van der Waals surface area contributed by atoms with Crippen molar-refractivity contribution in [3.05, 3.63) is 0 Å². The third-order valence-corrected chi connectivity index (χ3v) is 5.36. The molecule has 108 valence electrons. The first-order chi connectivity index (χ1) is 8.43. The summed E-state index contributed by atoms with van der Waals surface area (Å²) < 4.78 is 23.0. The number of rotatable bonds is 6. The van der Waals surface area contributed by atoms with E-state index in [1.807, 2.05) is 0 Å². The summed E-state index contributed by atoms with van der Waals surface area (Å²) in [4.78, 5) is 2.29. The molecule has 1 rings (SSSR count). The van der Waals surface area contributed by atoms with Crippen LogP contribution >= 0.6 is 0 Å². The van der Waals surface area contributed by atoms with Gasteiger partial charge in [0.2, 0.25) is 0 Å². The van der Waals surface area contributed by atoms with Gasteiger partial charge < -0.3 is 10.6 Å². The highest BCUT2D eigenvalue weighted by atomic mass is 32.2. The van der Waals surface area contributed by atoms with Gasteiger partial charge in [-0.1, -0.05) is 13.8 Å². The molecule has 0 aromatic rings. The Kier molecular flexibility index (Phi) is 6.60. The molecule has 0 aromatic carbocycles. The van der Waals surface area contributed by atoms with E-state index in [9.17, 15) is 8.42 Å². The zero-order chi connectivity index (χ0) is 13.6. The monoisotopic (exact) mass is 276 g/mol. The molecule has 1 fully saturated rings. The lowest BCUT2D eigenvalue weighted by Gasteiger charge is -2.23. The molecule has 1 atom stereocenters. The fraction of sp³-hybridized carbons (Fsp3) is 1.00. The van der Waals surface area contributed by atoms with E-state index in [0.29, 0.717) is 29.9 Å². The third kappa shape index (κ3) is 6.16. The molecule has 18 heavy (non-hydrogen) atoms. The maximum absolute atomic E-state index is 11.5. The standard InChI is InChI=1S/C13H28N2O2S/c1-12(2)10-13(11-14)4-6-15-5-3-8-18(16,17)9-7-15/h12-13H,3-11,14H2,1-2H3. The van der Waals surface area contributed by atoms with E-state index >= 15 is 0 Å². The van der Waals surface area contributed by atoms with Crippen molar-refractivity contribution in [3.8, 4) is 0 Å². The van der Waals surface area contributed by atoms with Crippen LogP contribution in [0.4, 0.5) is 0 Å². The van der Waals surface area contributed by atoms with Crippen molar-refractivity contribution in [2.45, 2.75) is 33.1 Å². The predicted molar refractivity (Wildman–Crippen MR) is 76.3 cm³/mol. The molecule has 1 saturated heterocycles. The summed E-state index contributed by atoms with van der Waals surface area (Å²) >= 11 is 0. The molecule has 0 saturated carbocycles. The minimum atomic E-state index is -2.78. The van der Waals surface area contributed by atoms with Crippen LogP contribution in [-0.2, 0) is 9.84 Å². The first-order valence-electron chi connectivity index (χ1n) is 7.06. The van der Waals surface area contributed by atoms with Crippen LogP contribution in [0.3, 0.4) is 0 Å². The molecule has 4 nitrogen and oxygen atoms in total. The van der Waals surface area contributed by atoms with Crippen molar-refractivity contribution in [2.75, 3.05) is 37.7 Å². The Morgan fingerprint density at radius 3 is 2.56 bits per heavy atom. The lowest BCUT2D eigenvalue weighted by molar-refractivity contribution is 0.258. The molecule has 1 aliphatic heterocycles. The second-order valence-electron chi connectivity index (χ2n) is 5.87. The van der Waals surface area contributed by atoms with Crippen LogP contribution in [0.5, 0.6) is 0 Å². The van der Waals surface area contributed by atoms with Crippen molar-refractivity contribution >= 4 is 9.84 Å². The van der Waals surface area contributed by atoms with Gasteiger partial charge in [-0.15, -0.1) is 0 Å². The van der Waals surface area contributed by atoms with Crippen LogP contribution in [0.25, 0.3) is 0 Å². The minimum Gasteiger partial charge on any atom is -0.330 e. The Labute approximate surface area is 112 Å². The molecule has 0 radical (unpaired) electrons. The molecule has 1 heterocycles. The van der Waals surface area contributed by atoms with Gasteiger partial charge in [0.1, 0.15) is 0 Å². The van der Waals surface area contributed by atoms with Gasteiger partial charge in [0.05, 0.1) is 11.5 Å². The maximum Gasteiger partial charge on any atom is 0.151 e. The van der Waals surface area contributed by atoms with Gasteiger partial charge in [-0.05, 0) is 50.7 Å². The zero-order valence-corrected chi connectivity index (χ0v) is 12.6. The molecule has 0 bridgehead atoms. The predicted octanol–water partition coefficient (Wildman–Crippen LogP) is 1.12. The quantitative estimate of drug-likeness (QED) is 0.789. The molecular weight excluding hydrogens is 248 g/mol. The molecule has 0 aliphatic carbocycles. The summed E-state index contributed by atoms with van der Waals surface area (Å²) in [6, 6.07) is 0. The summed E-state index contributed by atoms with van der Waals surface area (Å²) in [7, 11) is -2.78. The van der Waals surface area contributed by atoms with Gasteiger partial charge in [-0.3, -0.25) is 0 Å². The van der Waals surface area contributed by atoms with Crippen molar-refractivity contribution in [2.24, 2.45) is 17.6 Å². The smallest absolute Gasteiger partial charge is 0.151 e. The first-order valence-corrected chi connectivity index (χ1v) is 8.88. The molecule has 0 amide bonds. The minimum absolute atomic E-state index is 0.324. The summed E-state index contributed by atoms with van der Waals surface area (Å²) in [6.45, 7) is 7.79. The summed E-state index contributed by atoms with van der Waals surface area (Å²) in [5, 5.41) is 0. The fourth-order valence-corrected chi connectivity index (χ4v) is 3.89. The maximum atomic E-state index is 11.5. The van der Waals surface area contributed by atoms with E-state index in [0.717, 1.165) is 32.5 Å². The number of hydrogen-bond acceptors (Lipinski definition) is 4. The van der Waals surface area contributed by atoms with Gasteiger partial charge in [0.15, 0.2) is 9.84 Å². The van der Waals surface area contributed by atoms with Crippen molar-refractivity contribution < 1.29 is 8.42 Å². The molecule has 1 aliphatic rings. The van der Waals surface area contributed by atoms with Crippen molar-refractivity contribution in [1.29, 1.82) is 0 Å². The van der Waals surface area contributed by atoms with E-state index in [2.05, 4.69) is 18.7 Å². The highest BCUT2D eigenvalue weighted by molar-refractivity contribution is 7.91. The molecular formula is C13H28N2O2S. The van der Waals surface area contributed by atoms with E-state index in [1.165, 1.54) is 6.42 Å². The van der Waals surface area contributed by atoms with Crippen LogP contribution in [0, 0.1) is 11.8 Å². The Morgan fingerprint density at radius 1 is 1.22 bits per heavy atom. The molecule has 2 N–H and O–H groups in total. The topological polar surface area (TPSA) is 63.4 Å². The fourth-order valence-electron chi connectivity index (χ4n) is 2.58. The van der Waals surface area contributed by atoms with E-state index in [-0.39, 0.29) is 0 Å². The first kappa shape index (κ1) is 15.9. The summed E-state index contributed by atoms with van der Waals surface area (Å²) in [5.74, 6) is 1.94. The Morgan fingerprint density at radius 2 is 1.94 bits per heavy atom. The molecule has 0 spiro atoms. The number of sulfone groups is 1. The Balaban J connectivity index is 2.34. The van der Waals surface area contributed by atoms with Gasteiger partial charge in [-0.2, -0.15) is 0 Å². The van der Waals surface area contributed by atoms with Crippen LogP contribution in [0.15, 0.2) is 0 Å². The molecule has 1 unspecified atom stereocenters. The summed E-state index contributed by atoms with van der Waals surface area (Å²) in [5.41, 5.74) is 5.80. The number of nitrogens with two attached hydrogens (primary N) is 1. The number of nitrogens with zero attached hydrogens (tertiary/aromatic N) is 1. The SMILES string of the molecule is CC(C)CC(CN)CCN1CCCS(=O)(=O)CC1. The van der Waals surface area contributed by atoms with Crippen LogP contribution in [-0.4, -0.2) is 51.0 Å². The Bertz CT molecular complexity index is 328. The van der Waals surface area contributed by atoms with Crippen molar-refractivity contribution in [3.63, 3.8) is 0 Å². The largest absolute Gasteiger partial charge is 0.330 e. The lowest BCUT2D eigenvalue weighted by Crippen LogP contribution is -2.30. The van der Waals surface area contributed by atoms with Gasteiger partial charge >= 0.3 is 0 Å². The van der Waals surface area contributed by atoms with Gasteiger partial charge in [0, 0.05) is 6.54 Å². The normalized spacial score (nSPS) is 22.9. The van der Waals surface area contributed by atoms with E-state index in [1.54, 1.807) is 0 Å². The lowest BCUT2D eigenvalue weighted by atomic mass is 9.94. The highest BCUT2D eigenvalue weighted by Gasteiger charge is 2.19. The van der Waals surface area contributed by atoms with E-state index in [4.69, 9.17) is 5.73 Å². The highest BCUT2D eigenvalue weighted by Crippen LogP contribution is 2.15. The van der Waals surface area contributed by atoms with Gasteiger partial charge in [0.25, 0.3) is 0 Å². The van der Waals surface area contributed by atoms with Gasteiger partial charge in [-0.25, -0.2) is 8.42 Å². The van der Waals surface area contributed by atoms with Crippen LogP contribution in [0.1, 0.15) is 33.1 Å². The second-order valence-corrected chi connectivity index (χ2v) is 8.17. The zero-order valence-electron chi connectivity index (χ0n) is 11.8. The number of hydrogen-bond donors (Lipinski definition) is 1. The van der Waals surface area contributed by atoms with Crippen LogP contribution in [0.2, 0.25) is 0 Å². The summed E-state index contributed by atoms with van der Waals surface area (Å²) in [6.07, 6.45) is 3.04.